The van der Waals surface area contributed by atoms with Gasteiger partial charge in [0.2, 0.25) is 5.91 Å². The van der Waals surface area contributed by atoms with Crippen LogP contribution in [0.5, 0.6) is 0 Å². The molecule has 0 bridgehead atoms. The highest BCUT2D eigenvalue weighted by Gasteiger charge is 2.27. The second-order valence-electron chi connectivity index (χ2n) is 6.23. The third-order valence-corrected chi connectivity index (χ3v) is 4.08. The Balaban J connectivity index is 0.00000288. The van der Waals surface area contributed by atoms with Crippen LogP contribution in [0.1, 0.15) is 31.2 Å². The summed E-state index contributed by atoms with van der Waals surface area (Å²) in [5.41, 5.74) is 1.27. The van der Waals surface area contributed by atoms with Crippen molar-refractivity contribution in [3.05, 3.63) is 18.0 Å². The zero-order valence-corrected chi connectivity index (χ0v) is 17.4. The van der Waals surface area contributed by atoms with Crippen LogP contribution in [0.2, 0.25) is 0 Å². The molecule has 0 spiro atoms. The third-order valence-electron chi connectivity index (χ3n) is 4.08. The van der Waals surface area contributed by atoms with Gasteiger partial charge in [-0.25, -0.2) is 4.99 Å². The number of carbonyl (C=O) groups excluding carboxylic acids is 1. The van der Waals surface area contributed by atoms with Gasteiger partial charge in [-0.2, -0.15) is 5.10 Å². The van der Waals surface area contributed by atoms with Crippen LogP contribution >= 0.6 is 24.0 Å². The first kappa shape index (κ1) is 20.7. The molecule has 1 N–H and O–H groups in total. The number of likely N-dealkylation sites (N-methyl/N-ethyl adjacent to an activating group) is 1. The number of carbonyl (C=O) groups is 1. The van der Waals surface area contributed by atoms with E-state index in [-0.39, 0.29) is 36.4 Å². The largest absolute Gasteiger partial charge is 0.356 e. The van der Waals surface area contributed by atoms with E-state index in [9.17, 15) is 4.79 Å². The fourth-order valence-corrected chi connectivity index (χ4v) is 2.66. The Hall–Kier alpha value is -1.32. The lowest BCUT2D eigenvalue weighted by molar-refractivity contribution is -0.127. The Labute approximate surface area is 161 Å². The van der Waals surface area contributed by atoms with Crippen molar-refractivity contribution in [1.29, 1.82) is 0 Å². The van der Waals surface area contributed by atoms with Gasteiger partial charge in [-0.3, -0.25) is 9.48 Å². The number of aromatic nitrogens is 2. The number of amides is 1. The van der Waals surface area contributed by atoms with Gasteiger partial charge in [0.1, 0.15) is 6.54 Å². The van der Waals surface area contributed by atoms with Gasteiger partial charge in [0.15, 0.2) is 5.96 Å². The fourth-order valence-electron chi connectivity index (χ4n) is 2.66. The van der Waals surface area contributed by atoms with Crippen LogP contribution in [0.25, 0.3) is 0 Å². The van der Waals surface area contributed by atoms with E-state index in [4.69, 9.17) is 0 Å². The molecule has 2 rings (SSSR count). The first-order valence-electron chi connectivity index (χ1n) is 8.23. The number of aliphatic imine (C=N–C) groups is 1. The molecule has 24 heavy (non-hydrogen) atoms. The normalized spacial score (nSPS) is 17.6. The molecule has 0 saturated carbocycles. The molecule has 0 aliphatic carbocycles. The lowest BCUT2D eigenvalue weighted by Gasteiger charge is -2.22. The van der Waals surface area contributed by atoms with Crippen molar-refractivity contribution >= 4 is 35.8 Å². The summed E-state index contributed by atoms with van der Waals surface area (Å²) in [6.45, 7) is 5.04. The third kappa shape index (κ3) is 5.64. The summed E-state index contributed by atoms with van der Waals surface area (Å²) in [5, 5.41) is 7.63. The van der Waals surface area contributed by atoms with E-state index in [1.807, 2.05) is 17.9 Å². The molecule has 1 aliphatic heterocycles. The molecule has 1 aromatic heterocycles. The predicted molar refractivity (Wildman–Crippen MR) is 107 cm³/mol. The summed E-state index contributed by atoms with van der Waals surface area (Å²) < 4.78 is 1.85. The lowest BCUT2D eigenvalue weighted by Crippen LogP contribution is -2.41. The summed E-state index contributed by atoms with van der Waals surface area (Å²) >= 11 is 0. The Bertz CT molecular complexity index is 557. The van der Waals surface area contributed by atoms with Gasteiger partial charge in [0.25, 0.3) is 0 Å². The zero-order valence-electron chi connectivity index (χ0n) is 15.0. The maximum atomic E-state index is 11.8. The number of hydrogen-bond donors (Lipinski definition) is 1. The van der Waals surface area contributed by atoms with Crippen LogP contribution in [-0.4, -0.2) is 71.7 Å². The maximum absolute atomic E-state index is 11.8. The quantitative estimate of drug-likeness (QED) is 0.419. The van der Waals surface area contributed by atoms with Crippen LogP contribution in [0, 0.1) is 0 Å². The Morgan fingerprint density at radius 3 is 2.83 bits per heavy atom. The molecule has 7 nitrogen and oxygen atoms in total. The topological polar surface area (TPSA) is 65.8 Å². The van der Waals surface area contributed by atoms with Crippen LogP contribution < -0.4 is 5.32 Å². The predicted octanol–water partition coefficient (Wildman–Crippen LogP) is 1.27. The molecular formula is C16H29IN6O. The average molecular weight is 448 g/mol. The number of guanidine groups is 1. The van der Waals surface area contributed by atoms with Gasteiger partial charge in [-0.05, 0) is 18.4 Å². The zero-order chi connectivity index (χ0) is 16.8. The summed E-state index contributed by atoms with van der Waals surface area (Å²) in [5.74, 6) is 1.33. The molecule has 1 saturated heterocycles. The molecule has 136 valence electrons. The van der Waals surface area contributed by atoms with Crippen molar-refractivity contribution in [3.8, 4) is 0 Å². The van der Waals surface area contributed by atoms with Gasteiger partial charge in [0.05, 0.1) is 6.20 Å². The number of hydrogen-bond acceptors (Lipinski definition) is 3. The SMILES string of the molecule is CCCNC(=NCC(=O)N(C)C)N1CCC(c2cnn(C)c2)C1.I. The highest BCUT2D eigenvalue weighted by atomic mass is 127. The van der Waals surface area contributed by atoms with Crippen molar-refractivity contribution in [2.75, 3.05) is 40.3 Å². The first-order valence-corrected chi connectivity index (χ1v) is 8.23. The molecule has 8 heteroatoms. The van der Waals surface area contributed by atoms with E-state index in [0.717, 1.165) is 38.4 Å². The smallest absolute Gasteiger partial charge is 0.243 e. The van der Waals surface area contributed by atoms with Crippen LogP contribution in [0.15, 0.2) is 17.4 Å². The number of nitrogens with zero attached hydrogens (tertiary/aromatic N) is 5. The van der Waals surface area contributed by atoms with Crippen molar-refractivity contribution in [3.63, 3.8) is 0 Å². The number of halogens is 1. The second kappa shape index (κ2) is 9.85. The molecule has 1 fully saturated rings. The van der Waals surface area contributed by atoms with Gasteiger partial charge < -0.3 is 15.1 Å². The molecule has 2 heterocycles. The Morgan fingerprint density at radius 1 is 1.50 bits per heavy atom. The summed E-state index contributed by atoms with van der Waals surface area (Å²) in [7, 11) is 5.45. The van der Waals surface area contributed by atoms with E-state index >= 15 is 0 Å². The van der Waals surface area contributed by atoms with Gasteiger partial charge in [-0.1, -0.05) is 6.92 Å². The minimum atomic E-state index is 0. The molecular weight excluding hydrogens is 419 g/mol. The minimum absolute atomic E-state index is 0. The van der Waals surface area contributed by atoms with Crippen molar-refractivity contribution in [2.45, 2.75) is 25.7 Å². The minimum Gasteiger partial charge on any atom is -0.356 e. The van der Waals surface area contributed by atoms with Crippen molar-refractivity contribution in [1.82, 2.24) is 24.9 Å². The number of nitrogens with one attached hydrogen (secondary N) is 1. The van der Waals surface area contributed by atoms with Crippen molar-refractivity contribution < 1.29 is 4.79 Å². The molecule has 1 aliphatic rings. The molecule has 0 aromatic carbocycles. The highest BCUT2D eigenvalue weighted by molar-refractivity contribution is 14.0. The van der Waals surface area contributed by atoms with Gasteiger partial charge in [0, 0.05) is 52.9 Å². The van der Waals surface area contributed by atoms with Crippen LogP contribution in [-0.2, 0) is 11.8 Å². The average Bonchev–Trinajstić information content (AvgIpc) is 3.15. The summed E-state index contributed by atoms with van der Waals surface area (Å²) in [4.78, 5) is 20.1. The molecule has 1 atom stereocenters. The Morgan fingerprint density at radius 2 is 2.25 bits per heavy atom. The van der Waals surface area contributed by atoms with Crippen LogP contribution in [0.3, 0.4) is 0 Å². The number of rotatable bonds is 5. The molecule has 1 aromatic rings. The fraction of sp³-hybridized carbons (Fsp3) is 0.688. The van der Waals surface area contributed by atoms with E-state index in [1.54, 1.807) is 19.0 Å². The van der Waals surface area contributed by atoms with E-state index in [0.29, 0.717) is 5.92 Å². The van der Waals surface area contributed by atoms with E-state index < -0.39 is 0 Å². The van der Waals surface area contributed by atoms with E-state index in [1.165, 1.54) is 5.56 Å². The van der Waals surface area contributed by atoms with Crippen molar-refractivity contribution in [2.24, 2.45) is 12.0 Å². The summed E-state index contributed by atoms with van der Waals surface area (Å²) in [6.07, 6.45) is 6.14. The standard InChI is InChI=1S/C16H28N6O.HI/c1-5-7-17-16(18-10-15(23)20(2)3)22-8-6-13(12-22)14-9-19-21(4)11-14;/h9,11,13H,5-8,10,12H2,1-4H3,(H,17,18);1H. The highest BCUT2D eigenvalue weighted by Crippen LogP contribution is 2.26. The summed E-state index contributed by atoms with van der Waals surface area (Å²) in [6, 6.07) is 0. The van der Waals surface area contributed by atoms with E-state index in [2.05, 4.69) is 33.4 Å². The Kier molecular flexibility index (Phi) is 8.51. The molecule has 1 amide bonds. The van der Waals surface area contributed by atoms with Gasteiger partial charge >= 0.3 is 0 Å². The number of likely N-dealkylation sites (tertiary alicyclic amines) is 1. The lowest BCUT2D eigenvalue weighted by atomic mass is 10.0. The molecule has 0 radical (unpaired) electrons. The maximum Gasteiger partial charge on any atom is 0.243 e. The van der Waals surface area contributed by atoms with Gasteiger partial charge in [-0.15, -0.1) is 24.0 Å². The first-order chi connectivity index (χ1) is 11.0. The second-order valence-corrected chi connectivity index (χ2v) is 6.23. The van der Waals surface area contributed by atoms with Crippen LogP contribution in [0.4, 0.5) is 0 Å². The monoisotopic (exact) mass is 448 g/mol. The number of aryl methyl sites for hydroxylation is 1. The molecule has 1 unspecified atom stereocenters.